The van der Waals surface area contributed by atoms with Gasteiger partial charge in [-0.2, -0.15) is 5.26 Å². The van der Waals surface area contributed by atoms with Crippen LogP contribution >= 0.6 is 0 Å². The average Bonchev–Trinajstić information content (AvgIpc) is 2.80. The quantitative estimate of drug-likeness (QED) is 0.862. The minimum Gasteiger partial charge on any atom is -0.486 e. The van der Waals surface area contributed by atoms with Gasteiger partial charge in [0.1, 0.15) is 23.0 Å². The lowest BCUT2D eigenvalue weighted by Crippen LogP contribution is -2.37. The summed E-state index contributed by atoms with van der Waals surface area (Å²) in [6, 6.07) is 4.35. The minimum absolute atomic E-state index is 0.290. The van der Waals surface area contributed by atoms with E-state index in [2.05, 4.69) is 16.4 Å². The Kier molecular flexibility index (Phi) is 3.85. The first kappa shape index (κ1) is 14.9. The third kappa shape index (κ3) is 2.58. The second kappa shape index (κ2) is 5.67. The lowest BCUT2D eigenvalue weighted by atomic mass is 9.98. The van der Waals surface area contributed by atoms with Crippen LogP contribution in [0.25, 0.3) is 0 Å². The number of nitrogens with one attached hydrogen (secondary N) is 1. The monoisotopic (exact) mass is 303 g/mol. The second-order valence-electron chi connectivity index (χ2n) is 6.19. The number of nitriles is 1. The average molecular weight is 303 g/mol. The number of hydrogen-bond acceptors (Lipinski definition) is 6. The zero-order valence-electron chi connectivity index (χ0n) is 13.2. The van der Waals surface area contributed by atoms with Crippen molar-refractivity contribution in [3.63, 3.8) is 0 Å². The van der Waals surface area contributed by atoms with Gasteiger partial charge in [0.2, 0.25) is 0 Å². The fourth-order valence-electron chi connectivity index (χ4n) is 3.14. The van der Waals surface area contributed by atoms with E-state index < -0.39 is 0 Å². The summed E-state index contributed by atoms with van der Waals surface area (Å²) in [6.07, 6.45) is 0.777. The molecule has 6 nitrogen and oxygen atoms in total. The van der Waals surface area contributed by atoms with E-state index in [1.165, 1.54) is 0 Å². The maximum atomic E-state index is 9.72. The van der Waals surface area contributed by atoms with Crippen molar-refractivity contribution in [2.75, 3.05) is 43.8 Å². The molecule has 1 fully saturated rings. The highest BCUT2D eigenvalue weighted by Gasteiger charge is 2.35. The zero-order valence-corrected chi connectivity index (χ0v) is 13.2. The van der Waals surface area contributed by atoms with Crippen molar-refractivity contribution in [2.24, 2.45) is 0 Å². The molecule has 0 amide bonds. The van der Waals surface area contributed by atoms with E-state index in [0.717, 1.165) is 36.4 Å². The van der Waals surface area contributed by atoms with Gasteiger partial charge >= 0.3 is 0 Å². The van der Waals surface area contributed by atoms with Gasteiger partial charge in [-0.3, -0.25) is 10.3 Å². The number of nitrogens with zero attached hydrogens (tertiary/aromatic N) is 2. The van der Waals surface area contributed by atoms with Crippen molar-refractivity contribution >= 4 is 11.4 Å². The molecule has 6 heteroatoms. The molecular weight excluding hydrogens is 282 g/mol. The third-order valence-electron chi connectivity index (χ3n) is 3.97. The molecule has 0 saturated carbocycles. The van der Waals surface area contributed by atoms with E-state index in [9.17, 15) is 5.26 Å². The van der Waals surface area contributed by atoms with E-state index >= 15 is 0 Å². The first-order valence-corrected chi connectivity index (χ1v) is 7.46. The molecule has 3 rings (SSSR count). The number of fused-ring (bicyclic) bond motifs is 1. The molecule has 0 spiro atoms. The van der Waals surface area contributed by atoms with Gasteiger partial charge in [-0.25, -0.2) is 0 Å². The van der Waals surface area contributed by atoms with Crippen molar-refractivity contribution in [3.05, 3.63) is 17.2 Å². The predicted octanol–water partition coefficient (Wildman–Crippen LogP) is 2.08. The summed E-state index contributed by atoms with van der Waals surface area (Å²) in [4.78, 5) is 7.26. The van der Waals surface area contributed by atoms with Gasteiger partial charge in [-0.05, 0) is 19.9 Å². The second-order valence-corrected chi connectivity index (χ2v) is 6.19. The van der Waals surface area contributed by atoms with Crippen LogP contribution in [-0.4, -0.2) is 39.0 Å². The molecule has 1 N–H and O–H groups in total. The van der Waals surface area contributed by atoms with Gasteiger partial charge in [0.25, 0.3) is 0 Å². The first-order valence-electron chi connectivity index (χ1n) is 7.46. The van der Waals surface area contributed by atoms with Crippen LogP contribution < -0.4 is 15.1 Å². The van der Waals surface area contributed by atoms with Crippen LogP contribution in [0.1, 0.15) is 25.0 Å². The van der Waals surface area contributed by atoms with E-state index in [-0.39, 0.29) is 5.60 Å². The molecule has 1 aromatic rings. The molecule has 2 heterocycles. The van der Waals surface area contributed by atoms with Gasteiger partial charge in [-0.15, -0.1) is 0 Å². The van der Waals surface area contributed by atoms with E-state index in [1.807, 2.05) is 19.9 Å². The van der Waals surface area contributed by atoms with Crippen molar-refractivity contribution in [1.29, 1.82) is 5.26 Å². The summed E-state index contributed by atoms with van der Waals surface area (Å²) in [5.74, 6) is 0.704. The molecule has 0 atom stereocenters. The first-order chi connectivity index (χ1) is 10.6. The fourth-order valence-corrected chi connectivity index (χ4v) is 3.14. The van der Waals surface area contributed by atoms with Gasteiger partial charge in [0.05, 0.1) is 31.7 Å². The molecule has 0 bridgehead atoms. The Hall–Kier alpha value is -1.97. The molecule has 2 aliphatic heterocycles. The molecule has 118 valence electrons. The summed E-state index contributed by atoms with van der Waals surface area (Å²) in [6.45, 7) is 6.87. The van der Waals surface area contributed by atoms with Crippen LogP contribution in [-0.2, 0) is 16.0 Å². The predicted molar refractivity (Wildman–Crippen MR) is 83.2 cm³/mol. The summed E-state index contributed by atoms with van der Waals surface area (Å²) in [5.41, 5.74) is 5.88. The molecule has 1 saturated heterocycles. The summed E-state index contributed by atoms with van der Waals surface area (Å²) >= 11 is 0. The molecule has 2 aliphatic rings. The van der Waals surface area contributed by atoms with Crippen molar-refractivity contribution < 1.29 is 14.3 Å². The van der Waals surface area contributed by atoms with Crippen molar-refractivity contribution in [2.45, 2.75) is 25.9 Å². The molecular formula is C16H21N3O3. The van der Waals surface area contributed by atoms with Gasteiger partial charge in [0, 0.05) is 25.1 Å². The number of ether oxygens (including phenoxy) is 2. The van der Waals surface area contributed by atoms with E-state index in [1.54, 1.807) is 7.11 Å². The Morgan fingerprint density at radius 3 is 2.73 bits per heavy atom. The van der Waals surface area contributed by atoms with Crippen LogP contribution in [0.5, 0.6) is 5.75 Å². The van der Waals surface area contributed by atoms with Gasteiger partial charge in [0.15, 0.2) is 0 Å². The Morgan fingerprint density at radius 2 is 2.09 bits per heavy atom. The fraction of sp³-hybridized carbons (Fsp3) is 0.562. The van der Waals surface area contributed by atoms with Crippen LogP contribution in [0, 0.1) is 11.3 Å². The molecule has 0 radical (unpaired) electrons. The smallest absolute Gasteiger partial charge is 0.143 e. The van der Waals surface area contributed by atoms with Crippen molar-refractivity contribution in [1.82, 2.24) is 0 Å². The number of benzene rings is 1. The lowest BCUT2D eigenvalue weighted by molar-refractivity contribution is 0.122. The Labute approximate surface area is 130 Å². The number of hydrogen-bond donors (Lipinski definition) is 1. The maximum absolute atomic E-state index is 9.72. The molecule has 0 unspecified atom stereocenters. The highest BCUT2D eigenvalue weighted by atomic mass is 16.6. The lowest BCUT2D eigenvalue weighted by Gasteiger charge is -2.31. The number of morpholine rings is 1. The molecule has 22 heavy (non-hydrogen) atoms. The van der Waals surface area contributed by atoms with E-state index in [4.69, 9.17) is 14.3 Å². The Balaban J connectivity index is 2.12. The summed E-state index contributed by atoms with van der Waals surface area (Å²) in [7, 11) is 1.57. The third-order valence-corrected chi connectivity index (χ3v) is 3.97. The van der Waals surface area contributed by atoms with Gasteiger partial charge < -0.3 is 14.4 Å². The minimum atomic E-state index is -0.290. The standard InChI is InChI=1S/C16H21N3O3/c1-16(2)9-11-8-13(18-20-3)14(12(10-17)15(11)22-16)19-4-6-21-7-5-19/h8,18H,4-7,9H2,1-3H3. The number of anilines is 2. The topological polar surface area (TPSA) is 66.8 Å². The van der Waals surface area contributed by atoms with Crippen LogP contribution in [0.2, 0.25) is 0 Å². The normalized spacial score (nSPS) is 19.3. The summed E-state index contributed by atoms with van der Waals surface area (Å²) < 4.78 is 11.4. The van der Waals surface area contributed by atoms with Crippen LogP contribution in [0.4, 0.5) is 11.4 Å². The molecule has 1 aromatic carbocycles. The van der Waals surface area contributed by atoms with Crippen molar-refractivity contribution in [3.8, 4) is 11.8 Å². The molecule has 0 aliphatic carbocycles. The summed E-state index contributed by atoms with van der Waals surface area (Å²) in [5, 5.41) is 9.72. The highest BCUT2D eigenvalue weighted by Crippen LogP contribution is 2.45. The number of rotatable bonds is 3. The van der Waals surface area contributed by atoms with Crippen LogP contribution in [0.3, 0.4) is 0 Å². The molecule has 0 aromatic heterocycles. The Bertz CT molecular complexity index is 616. The van der Waals surface area contributed by atoms with Crippen LogP contribution in [0.15, 0.2) is 6.07 Å². The zero-order chi connectivity index (χ0) is 15.7. The highest BCUT2D eigenvalue weighted by molar-refractivity contribution is 5.81. The Morgan fingerprint density at radius 1 is 1.36 bits per heavy atom. The largest absolute Gasteiger partial charge is 0.486 e. The SMILES string of the molecule is CONc1cc2c(c(C#N)c1N1CCOCC1)OC(C)(C)C2. The maximum Gasteiger partial charge on any atom is 0.143 e. The van der Waals surface area contributed by atoms with Gasteiger partial charge in [-0.1, -0.05) is 0 Å². The van der Waals surface area contributed by atoms with E-state index in [0.29, 0.717) is 24.5 Å².